The molecule has 1 unspecified atom stereocenters. The SMILES string of the molecule is CC(C)C1CCCN1CCC(=O)Nc1cc(N)ccc1F. The van der Waals surface area contributed by atoms with E-state index < -0.39 is 5.82 Å². The van der Waals surface area contributed by atoms with Gasteiger partial charge >= 0.3 is 0 Å². The van der Waals surface area contributed by atoms with Crippen molar-refractivity contribution in [3.63, 3.8) is 0 Å². The number of halogens is 1. The normalized spacial score (nSPS) is 19.1. The topological polar surface area (TPSA) is 58.4 Å². The Balaban J connectivity index is 1.86. The van der Waals surface area contributed by atoms with Gasteiger partial charge in [-0.25, -0.2) is 4.39 Å². The number of carbonyl (C=O) groups is 1. The van der Waals surface area contributed by atoms with Gasteiger partial charge in [0.25, 0.3) is 0 Å². The first-order valence-corrected chi connectivity index (χ1v) is 7.56. The van der Waals surface area contributed by atoms with Gasteiger partial charge in [0.1, 0.15) is 5.82 Å². The quantitative estimate of drug-likeness (QED) is 0.821. The van der Waals surface area contributed by atoms with E-state index in [1.807, 2.05) is 0 Å². The van der Waals surface area contributed by atoms with Crippen LogP contribution in [0.4, 0.5) is 15.8 Å². The van der Waals surface area contributed by atoms with Crippen LogP contribution in [0.25, 0.3) is 0 Å². The zero-order valence-corrected chi connectivity index (χ0v) is 12.7. The van der Waals surface area contributed by atoms with Gasteiger partial charge in [0.15, 0.2) is 0 Å². The van der Waals surface area contributed by atoms with E-state index in [9.17, 15) is 9.18 Å². The average Bonchev–Trinajstić information content (AvgIpc) is 2.89. The molecule has 1 amide bonds. The molecule has 2 rings (SSSR count). The standard InChI is InChI=1S/C16H24FN3O/c1-11(2)15-4-3-8-20(15)9-7-16(21)19-14-10-12(18)5-6-13(14)17/h5-6,10-11,15H,3-4,7-9,18H2,1-2H3,(H,19,21). The van der Waals surface area contributed by atoms with Gasteiger partial charge in [-0.15, -0.1) is 0 Å². The molecule has 0 saturated carbocycles. The molecule has 116 valence electrons. The second-order valence-corrected chi connectivity index (χ2v) is 6.03. The van der Waals surface area contributed by atoms with Crippen LogP contribution in [0, 0.1) is 11.7 Å². The summed E-state index contributed by atoms with van der Waals surface area (Å²) in [5.41, 5.74) is 6.19. The predicted molar refractivity (Wildman–Crippen MR) is 83.5 cm³/mol. The Morgan fingerprint density at radius 1 is 1.52 bits per heavy atom. The van der Waals surface area contributed by atoms with Crippen LogP contribution in [0.3, 0.4) is 0 Å². The molecular formula is C16H24FN3O. The van der Waals surface area contributed by atoms with E-state index in [2.05, 4.69) is 24.1 Å². The molecule has 1 saturated heterocycles. The van der Waals surface area contributed by atoms with Crippen LogP contribution in [-0.2, 0) is 4.79 Å². The van der Waals surface area contributed by atoms with E-state index in [1.54, 1.807) is 0 Å². The molecule has 1 atom stereocenters. The van der Waals surface area contributed by atoms with Crippen molar-refractivity contribution in [2.75, 3.05) is 24.1 Å². The number of benzene rings is 1. The number of rotatable bonds is 5. The average molecular weight is 293 g/mol. The van der Waals surface area contributed by atoms with Crippen molar-refractivity contribution >= 4 is 17.3 Å². The van der Waals surface area contributed by atoms with Crippen LogP contribution in [0.2, 0.25) is 0 Å². The second kappa shape index (κ2) is 6.89. The maximum Gasteiger partial charge on any atom is 0.225 e. The Labute approximate surface area is 125 Å². The molecule has 1 aromatic carbocycles. The summed E-state index contributed by atoms with van der Waals surface area (Å²) >= 11 is 0. The molecule has 1 heterocycles. The third-order valence-corrected chi connectivity index (χ3v) is 4.07. The zero-order valence-electron chi connectivity index (χ0n) is 12.7. The van der Waals surface area contributed by atoms with Crippen molar-refractivity contribution in [2.45, 2.75) is 39.2 Å². The molecule has 0 radical (unpaired) electrons. The molecule has 1 aromatic rings. The Morgan fingerprint density at radius 2 is 2.29 bits per heavy atom. The lowest BCUT2D eigenvalue weighted by atomic mass is 10.0. The lowest BCUT2D eigenvalue weighted by Gasteiger charge is -2.27. The number of carbonyl (C=O) groups excluding carboxylic acids is 1. The van der Waals surface area contributed by atoms with E-state index in [1.165, 1.54) is 31.0 Å². The molecule has 4 nitrogen and oxygen atoms in total. The largest absolute Gasteiger partial charge is 0.399 e. The van der Waals surface area contributed by atoms with Gasteiger partial charge in [0.05, 0.1) is 5.69 Å². The molecule has 5 heteroatoms. The smallest absolute Gasteiger partial charge is 0.225 e. The van der Waals surface area contributed by atoms with Gasteiger partial charge in [0.2, 0.25) is 5.91 Å². The summed E-state index contributed by atoms with van der Waals surface area (Å²) < 4.78 is 13.6. The van der Waals surface area contributed by atoms with Crippen LogP contribution in [0.5, 0.6) is 0 Å². The third kappa shape index (κ3) is 4.17. The summed E-state index contributed by atoms with van der Waals surface area (Å²) in [5.74, 6) is -0.0328. The van der Waals surface area contributed by atoms with Gasteiger partial charge in [-0.1, -0.05) is 13.8 Å². The van der Waals surface area contributed by atoms with Gasteiger partial charge in [-0.2, -0.15) is 0 Å². The van der Waals surface area contributed by atoms with Crippen molar-refractivity contribution in [1.29, 1.82) is 0 Å². The highest BCUT2D eigenvalue weighted by Gasteiger charge is 2.26. The van der Waals surface area contributed by atoms with E-state index in [-0.39, 0.29) is 11.6 Å². The molecule has 1 aliphatic heterocycles. The second-order valence-electron chi connectivity index (χ2n) is 6.03. The highest BCUT2D eigenvalue weighted by molar-refractivity contribution is 5.91. The Kier molecular flexibility index (Phi) is 5.17. The Bertz CT molecular complexity index is 504. The van der Waals surface area contributed by atoms with Crippen molar-refractivity contribution < 1.29 is 9.18 Å². The van der Waals surface area contributed by atoms with Crippen LogP contribution < -0.4 is 11.1 Å². The van der Waals surface area contributed by atoms with Crippen molar-refractivity contribution in [2.24, 2.45) is 5.92 Å². The number of amides is 1. The summed E-state index contributed by atoms with van der Waals surface area (Å²) in [4.78, 5) is 14.3. The van der Waals surface area contributed by atoms with Crippen LogP contribution in [0.15, 0.2) is 18.2 Å². The Morgan fingerprint density at radius 3 is 3.00 bits per heavy atom. The zero-order chi connectivity index (χ0) is 15.4. The number of hydrogen-bond donors (Lipinski definition) is 2. The minimum Gasteiger partial charge on any atom is -0.399 e. The number of anilines is 2. The molecule has 3 N–H and O–H groups in total. The highest BCUT2D eigenvalue weighted by atomic mass is 19.1. The van der Waals surface area contributed by atoms with Gasteiger partial charge in [-0.3, -0.25) is 9.69 Å². The number of nitrogens with one attached hydrogen (secondary N) is 1. The molecule has 0 bridgehead atoms. The van der Waals surface area contributed by atoms with E-state index in [0.29, 0.717) is 24.1 Å². The number of hydrogen-bond acceptors (Lipinski definition) is 3. The van der Waals surface area contributed by atoms with E-state index in [0.717, 1.165) is 13.1 Å². The Hall–Kier alpha value is -1.62. The van der Waals surface area contributed by atoms with Gasteiger partial charge in [0, 0.05) is 24.7 Å². The predicted octanol–water partition coefficient (Wildman–Crippen LogP) is 2.86. The fourth-order valence-electron chi connectivity index (χ4n) is 2.98. The maximum atomic E-state index is 13.6. The highest BCUT2D eigenvalue weighted by Crippen LogP contribution is 2.24. The molecule has 1 fully saturated rings. The number of likely N-dealkylation sites (tertiary alicyclic amines) is 1. The van der Waals surface area contributed by atoms with Crippen LogP contribution >= 0.6 is 0 Å². The third-order valence-electron chi connectivity index (χ3n) is 4.07. The van der Waals surface area contributed by atoms with Crippen LogP contribution in [-0.4, -0.2) is 29.9 Å². The summed E-state index contributed by atoms with van der Waals surface area (Å²) in [5, 5.41) is 2.60. The summed E-state index contributed by atoms with van der Waals surface area (Å²) in [6, 6.07) is 4.74. The maximum absolute atomic E-state index is 13.6. The first-order valence-electron chi connectivity index (χ1n) is 7.56. The monoisotopic (exact) mass is 293 g/mol. The van der Waals surface area contributed by atoms with Crippen molar-refractivity contribution in [3.05, 3.63) is 24.0 Å². The minimum atomic E-state index is -0.459. The molecule has 0 spiro atoms. The summed E-state index contributed by atoms with van der Waals surface area (Å²) in [6.07, 6.45) is 2.76. The lowest BCUT2D eigenvalue weighted by molar-refractivity contribution is -0.116. The van der Waals surface area contributed by atoms with Gasteiger partial charge in [-0.05, 0) is 43.5 Å². The first-order chi connectivity index (χ1) is 9.97. The van der Waals surface area contributed by atoms with Crippen molar-refractivity contribution in [3.8, 4) is 0 Å². The number of nitrogens with zero attached hydrogens (tertiary/aromatic N) is 1. The minimum absolute atomic E-state index is 0.154. The molecule has 1 aliphatic rings. The molecular weight excluding hydrogens is 269 g/mol. The fraction of sp³-hybridized carbons (Fsp3) is 0.562. The number of nitrogen functional groups attached to an aromatic ring is 1. The summed E-state index contributed by atoms with van der Waals surface area (Å²) in [7, 11) is 0. The van der Waals surface area contributed by atoms with E-state index >= 15 is 0 Å². The summed E-state index contributed by atoms with van der Waals surface area (Å²) in [6.45, 7) is 6.19. The van der Waals surface area contributed by atoms with E-state index in [4.69, 9.17) is 5.73 Å². The number of nitrogens with two attached hydrogens (primary N) is 1. The molecule has 0 aromatic heterocycles. The molecule has 0 aliphatic carbocycles. The van der Waals surface area contributed by atoms with Gasteiger partial charge < -0.3 is 11.1 Å². The first kappa shape index (κ1) is 15.8. The van der Waals surface area contributed by atoms with Crippen LogP contribution in [0.1, 0.15) is 33.1 Å². The van der Waals surface area contributed by atoms with Crippen molar-refractivity contribution in [1.82, 2.24) is 4.90 Å². The fourth-order valence-corrected chi connectivity index (χ4v) is 2.98. The lowest BCUT2D eigenvalue weighted by Crippen LogP contribution is -2.35. The molecule has 21 heavy (non-hydrogen) atoms.